The summed E-state index contributed by atoms with van der Waals surface area (Å²) < 4.78 is 0. The Bertz CT molecular complexity index is 597. The molecule has 0 aromatic carbocycles. The number of hydrogen-bond acceptors (Lipinski definition) is 4. The van der Waals surface area contributed by atoms with Gasteiger partial charge < -0.3 is 9.80 Å². The Morgan fingerprint density at radius 1 is 1.26 bits per heavy atom. The Morgan fingerprint density at radius 3 is 2.61 bits per heavy atom. The summed E-state index contributed by atoms with van der Waals surface area (Å²) in [6, 6.07) is 0. The van der Waals surface area contributed by atoms with Gasteiger partial charge in [0, 0.05) is 31.6 Å². The molecule has 0 saturated carbocycles. The quantitative estimate of drug-likeness (QED) is 0.779. The summed E-state index contributed by atoms with van der Waals surface area (Å²) in [6.07, 6.45) is 3.17. The molecule has 0 aliphatic carbocycles. The van der Waals surface area contributed by atoms with Crippen molar-refractivity contribution in [2.45, 2.75) is 52.0 Å². The lowest BCUT2D eigenvalue weighted by Crippen LogP contribution is -2.42. The monoisotopic (exact) mass is 336 g/mol. The van der Waals surface area contributed by atoms with Crippen LogP contribution in [0.5, 0.6) is 0 Å². The number of nitrogens with zero attached hydrogens (tertiary/aromatic N) is 4. The van der Waals surface area contributed by atoms with E-state index >= 15 is 0 Å². The molecule has 0 spiro atoms. The zero-order valence-corrected chi connectivity index (χ0v) is 14.9. The van der Waals surface area contributed by atoms with Gasteiger partial charge in [-0.25, -0.2) is 9.97 Å². The third kappa shape index (κ3) is 3.44. The van der Waals surface area contributed by atoms with E-state index in [-0.39, 0.29) is 5.91 Å². The Balaban J connectivity index is 1.90. The molecule has 2 aliphatic rings. The van der Waals surface area contributed by atoms with E-state index in [1.807, 2.05) is 11.8 Å². The van der Waals surface area contributed by atoms with Crippen LogP contribution in [0, 0.1) is 12.8 Å². The lowest BCUT2D eigenvalue weighted by atomic mass is 9.98. The summed E-state index contributed by atoms with van der Waals surface area (Å²) in [5, 5.41) is -0.484. The van der Waals surface area contributed by atoms with Crippen LogP contribution in [0.1, 0.15) is 43.8 Å². The minimum atomic E-state index is -0.484. The van der Waals surface area contributed by atoms with Gasteiger partial charge in [0.25, 0.3) is 0 Å². The third-order valence-corrected chi connectivity index (χ3v) is 5.07. The first-order valence-corrected chi connectivity index (χ1v) is 8.93. The summed E-state index contributed by atoms with van der Waals surface area (Å²) >= 11 is 5.99. The van der Waals surface area contributed by atoms with E-state index in [4.69, 9.17) is 16.6 Å². The van der Waals surface area contributed by atoms with Gasteiger partial charge in [0.1, 0.15) is 17.0 Å². The molecular formula is C17H25ClN4O. The van der Waals surface area contributed by atoms with Crippen molar-refractivity contribution in [3.05, 3.63) is 17.1 Å². The van der Waals surface area contributed by atoms with E-state index in [9.17, 15) is 4.79 Å². The SMILES string of the molecule is Cc1nc2c(c(N3CCC(C)CC3)n1)CN(C(=O)[C@H](C)Cl)CC2. The van der Waals surface area contributed by atoms with Crippen LogP contribution in [0.2, 0.25) is 0 Å². The van der Waals surface area contributed by atoms with Gasteiger partial charge >= 0.3 is 0 Å². The number of alkyl halides is 1. The summed E-state index contributed by atoms with van der Waals surface area (Å²) in [4.78, 5) is 25.8. The van der Waals surface area contributed by atoms with Crippen molar-refractivity contribution < 1.29 is 4.79 Å². The van der Waals surface area contributed by atoms with Crippen LogP contribution in [0.4, 0.5) is 5.82 Å². The predicted molar refractivity (Wildman–Crippen MR) is 91.8 cm³/mol. The average molecular weight is 337 g/mol. The number of amides is 1. The van der Waals surface area contributed by atoms with Crippen LogP contribution in [-0.2, 0) is 17.8 Å². The second kappa shape index (κ2) is 6.63. The second-order valence-electron chi connectivity index (χ2n) is 6.82. The van der Waals surface area contributed by atoms with Crippen molar-refractivity contribution in [3.8, 4) is 0 Å². The smallest absolute Gasteiger partial charge is 0.240 e. The molecule has 1 amide bonds. The first kappa shape index (κ1) is 16.5. The van der Waals surface area contributed by atoms with Gasteiger partial charge in [-0.1, -0.05) is 6.92 Å². The van der Waals surface area contributed by atoms with Crippen LogP contribution in [0.3, 0.4) is 0 Å². The number of rotatable bonds is 2. The molecule has 0 N–H and O–H groups in total. The van der Waals surface area contributed by atoms with Crippen LogP contribution in [0.25, 0.3) is 0 Å². The maximum Gasteiger partial charge on any atom is 0.240 e. The van der Waals surface area contributed by atoms with E-state index in [1.54, 1.807) is 6.92 Å². The van der Waals surface area contributed by atoms with Crippen molar-refractivity contribution in [2.75, 3.05) is 24.5 Å². The number of carbonyl (C=O) groups is 1. The molecule has 1 aromatic heterocycles. The molecule has 3 rings (SSSR count). The largest absolute Gasteiger partial charge is 0.356 e. The standard InChI is InChI=1S/C17H25ClN4O/c1-11-4-7-21(8-5-11)16-14-10-22(17(23)12(2)18)9-6-15(14)19-13(3)20-16/h11-12H,4-10H2,1-3H3/t12-/m0/s1. The molecule has 126 valence electrons. The lowest BCUT2D eigenvalue weighted by molar-refractivity contribution is -0.131. The van der Waals surface area contributed by atoms with Crippen LogP contribution in [0.15, 0.2) is 0 Å². The van der Waals surface area contributed by atoms with Crippen molar-refractivity contribution in [1.82, 2.24) is 14.9 Å². The number of anilines is 1. The summed E-state index contributed by atoms with van der Waals surface area (Å²) in [5.41, 5.74) is 2.21. The average Bonchev–Trinajstić information content (AvgIpc) is 2.53. The third-order valence-electron chi connectivity index (χ3n) is 4.89. The molecule has 2 aliphatic heterocycles. The molecule has 0 bridgehead atoms. The number of hydrogen-bond donors (Lipinski definition) is 0. The summed E-state index contributed by atoms with van der Waals surface area (Å²) in [5.74, 6) is 2.62. The molecule has 1 atom stereocenters. The Hall–Kier alpha value is -1.36. The molecule has 5 nitrogen and oxygen atoms in total. The topological polar surface area (TPSA) is 49.3 Å². The van der Waals surface area contributed by atoms with Crippen molar-refractivity contribution in [2.24, 2.45) is 5.92 Å². The molecule has 1 fully saturated rings. The maximum atomic E-state index is 12.2. The summed E-state index contributed by atoms with van der Waals surface area (Å²) in [6.45, 7) is 9.32. The molecule has 3 heterocycles. The number of carbonyl (C=O) groups excluding carboxylic acids is 1. The lowest BCUT2D eigenvalue weighted by Gasteiger charge is -2.36. The van der Waals surface area contributed by atoms with E-state index in [0.29, 0.717) is 13.1 Å². The Labute approximate surface area is 143 Å². The Kier molecular flexibility index (Phi) is 4.76. The van der Waals surface area contributed by atoms with Crippen molar-refractivity contribution in [3.63, 3.8) is 0 Å². The highest BCUT2D eigenvalue weighted by Crippen LogP contribution is 2.30. The van der Waals surface area contributed by atoms with Crippen molar-refractivity contribution in [1.29, 1.82) is 0 Å². The molecule has 0 unspecified atom stereocenters. The number of aromatic nitrogens is 2. The van der Waals surface area contributed by atoms with Gasteiger partial charge in [-0.2, -0.15) is 0 Å². The van der Waals surface area contributed by atoms with Crippen LogP contribution < -0.4 is 4.90 Å². The van der Waals surface area contributed by atoms with Gasteiger partial charge in [0.15, 0.2) is 0 Å². The fraction of sp³-hybridized carbons (Fsp3) is 0.706. The molecule has 23 heavy (non-hydrogen) atoms. The number of fused-ring (bicyclic) bond motifs is 1. The second-order valence-corrected chi connectivity index (χ2v) is 7.47. The number of halogens is 1. The van der Waals surface area contributed by atoms with Gasteiger partial charge in [-0.15, -0.1) is 11.6 Å². The van der Waals surface area contributed by atoms with Gasteiger partial charge in [-0.3, -0.25) is 4.79 Å². The highest BCUT2D eigenvalue weighted by atomic mass is 35.5. The Morgan fingerprint density at radius 2 is 1.96 bits per heavy atom. The summed E-state index contributed by atoms with van der Waals surface area (Å²) in [7, 11) is 0. The zero-order valence-electron chi connectivity index (χ0n) is 14.2. The highest BCUT2D eigenvalue weighted by Gasteiger charge is 2.29. The predicted octanol–water partition coefficient (Wildman–Crippen LogP) is 2.53. The molecule has 1 aromatic rings. The molecular weight excluding hydrogens is 312 g/mol. The van der Waals surface area contributed by atoms with Gasteiger partial charge in [0.05, 0.1) is 12.2 Å². The van der Waals surface area contributed by atoms with Gasteiger partial charge in [0.2, 0.25) is 5.91 Å². The minimum Gasteiger partial charge on any atom is -0.356 e. The van der Waals surface area contributed by atoms with E-state index in [0.717, 1.165) is 48.3 Å². The van der Waals surface area contributed by atoms with E-state index in [1.165, 1.54) is 12.8 Å². The minimum absolute atomic E-state index is 0.00360. The maximum absolute atomic E-state index is 12.2. The number of piperidine rings is 1. The molecule has 6 heteroatoms. The van der Waals surface area contributed by atoms with Crippen LogP contribution >= 0.6 is 11.6 Å². The van der Waals surface area contributed by atoms with Gasteiger partial charge in [-0.05, 0) is 32.6 Å². The fourth-order valence-corrected chi connectivity index (χ4v) is 3.58. The first-order valence-electron chi connectivity index (χ1n) is 8.50. The normalized spacial score (nSPS) is 20.3. The molecule has 1 saturated heterocycles. The van der Waals surface area contributed by atoms with Crippen LogP contribution in [-0.4, -0.2) is 45.8 Å². The van der Waals surface area contributed by atoms with E-state index in [2.05, 4.69) is 16.8 Å². The molecule has 0 radical (unpaired) electrons. The fourth-order valence-electron chi connectivity index (χ4n) is 3.44. The zero-order chi connectivity index (χ0) is 16.6. The first-order chi connectivity index (χ1) is 11.0. The highest BCUT2D eigenvalue weighted by molar-refractivity contribution is 6.30. The van der Waals surface area contributed by atoms with Crippen molar-refractivity contribution >= 4 is 23.3 Å². The van der Waals surface area contributed by atoms with E-state index < -0.39 is 5.38 Å². The number of aryl methyl sites for hydroxylation is 1.